The number of benzene rings is 3. The molecular formula is C32H39N3O6. The number of methoxy groups -OCH3 is 2. The molecule has 1 amide bonds. The van der Waals surface area contributed by atoms with E-state index >= 15 is 0 Å². The number of nitrogens with zero attached hydrogens (tertiary/aromatic N) is 1. The number of phenols is 1. The first-order chi connectivity index (χ1) is 19.8. The van der Waals surface area contributed by atoms with Gasteiger partial charge in [-0.15, -0.1) is 0 Å². The van der Waals surface area contributed by atoms with Gasteiger partial charge in [-0.3, -0.25) is 4.79 Å². The molecule has 0 bridgehead atoms. The molecule has 0 aliphatic heterocycles. The number of carbonyl (C=O) groups excluding carboxylic acids is 1. The third-order valence-corrected chi connectivity index (χ3v) is 7.33. The minimum atomic E-state index is -0.777. The lowest BCUT2D eigenvalue weighted by atomic mass is 10.0. The Bertz CT molecular complexity index is 1480. The van der Waals surface area contributed by atoms with E-state index in [1.165, 1.54) is 6.07 Å². The van der Waals surface area contributed by atoms with Crippen molar-refractivity contribution in [3.05, 3.63) is 88.6 Å². The molecule has 1 heterocycles. The number of ether oxygens (including phenoxy) is 2. The Kier molecular flexibility index (Phi) is 9.88. The van der Waals surface area contributed by atoms with Crippen molar-refractivity contribution in [2.24, 2.45) is 0 Å². The van der Waals surface area contributed by atoms with E-state index < -0.39 is 6.10 Å². The van der Waals surface area contributed by atoms with Crippen LogP contribution in [0.15, 0.2) is 60.7 Å². The minimum Gasteiger partial charge on any atom is -0.508 e. The Morgan fingerprint density at radius 2 is 1.76 bits per heavy atom. The van der Waals surface area contributed by atoms with Crippen molar-refractivity contribution in [2.75, 3.05) is 20.8 Å². The summed E-state index contributed by atoms with van der Waals surface area (Å²) in [5.74, 6) is 1.13. The number of rotatable bonds is 13. The molecule has 0 aliphatic carbocycles. The van der Waals surface area contributed by atoms with Crippen molar-refractivity contribution >= 4 is 16.8 Å². The van der Waals surface area contributed by atoms with Gasteiger partial charge in [0.25, 0.3) is 5.91 Å². The number of aliphatic hydroxyl groups excluding tert-OH is 2. The highest BCUT2D eigenvalue weighted by molar-refractivity contribution is 5.99. The zero-order valence-electron chi connectivity index (χ0n) is 24.0. The van der Waals surface area contributed by atoms with Gasteiger partial charge >= 0.3 is 0 Å². The van der Waals surface area contributed by atoms with Crippen LogP contribution in [0.2, 0.25) is 0 Å². The number of aromatic hydroxyl groups is 1. The standard InChI is InChI=1S/C32H39N3O6/c1-5-35-26-11-9-21(13-20(2)33-18-29(38)22-10-12-28(37)24(15-22)19-36)14-23(26)16-27(35)32(39)34-17-25-30(40-3)7-6-8-31(25)41-4/h6-12,14-16,20,29,33,36-38H,5,13,17-19H2,1-4H3,(H,34,39)/t20-,29+/m1/s1. The molecule has 41 heavy (non-hydrogen) atoms. The molecule has 3 aromatic carbocycles. The van der Waals surface area contributed by atoms with Crippen LogP contribution in [0.5, 0.6) is 17.2 Å². The summed E-state index contributed by atoms with van der Waals surface area (Å²) in [4.78, 5) is 13.3. The molecule has 9 nitrogen and oxygen atoms in total. The van der Waals surface area contributed by atoms with E-state index in [9.17, 15) is 20.1 Å². The molecule has 9 heteroatoms. The van der Waals surface area contributed by atoms with E-state index in [1.807, 2.05) is 41.8 Å². The highest BCUT2D eigenvalue weighted by Gasteiger charge is 2.18. The second-order valence-electron chi connectivity index (χ2n) is 10.1. The smallest absolute Gasteiger partial charge is 0.268 e. The fourth-order valence-corrected chi connectivity index (χ4v) is 5.13. The van der Waals surface area contributed by atoms with Gasteiger partial charge in [0.15, 0.2) is 0 Å². The summed E-state index contributed by atoms with van der Waals surface area (Å²) >= 11 is 0. The summed E-state index contributed by atoms with van der Waals surface area (Å²) in [5, 5.41) is 37.1. The fraction of sp³-hybridized carbons (Fsp3) is 0.344. The van der Waals surface area contributed by atoms with E-state index in [4.69, 9.17) is 9.47 Å². The SMILES string of the molecule is CCn1c(C(=O)NCc2c(OC)cccc2OC)cc2cc(C[C@@H](C)NC[C@H](O)c3ccc(O)c(CO)c3)ccc21. The van der Waals surface area contributed by atoms with Crippen molar-refractivity contribution in [3.8, 4) is 17.2 Å². The Morgan fingerprint density at radius 1 is 1.02 bits per heavy atom. The van der Waals surface area contributed by atoms with Gasteiger partial charge in [-0.2, -0.15) is 0 Å². The normalized spacial score (nSPS) is 12.7. The highest BCUT2D eigenvalue weighted by Crippen LogP contribution is 2.29. The van der Waals surface area contributed by atoms with E-state index in [-0.39, 0.29) is 30.9 Å². The molecule has 4 aromatic rings. The predicted octanol–water partition coefficient (Wildman–Crippen LogP) is 4.06. The minimum absolute atomic E-state index is 0.00868. The summed E-state index contributed by atoms with van der Waals surface area (Å²) in [7, 11) is 3.18. The molecule has 0 aliphatic rings. The van der Waals surface area contributed by atoms with Gasteiger partial charge in [0.2, 0.25) is 0 Å². The van der Waals surface area contributed by atoms with Crippen LogP contribution in [0.25, 0.3) is 10.9 Å². The third-order valence-electron chi connectivity index (χ3n) is 7.33. The van der Waals surface area contributed by atoms with Crippen molar-refractivity contribution in [1.82, 2.24) is 15.2 Å². The molecule has 1 aromatic heterocycles. The fourth-order valence-electron chi connectivity index (χ4n) is 5.13. The molecule has 218 valence electrons. The first-order valence-corrected chi connectivity index (χ1v) is 13.7. The maximum absolute atomic E-state index is 13.3. The molecule has 4 rings (SSSR count). The van der Waals surface area contributed by atoms with Crippen molar-refractivity contribution in [2.45, 2.75) is 52.1 Å². The van der Waals surface area contributed by atoms with Gasteiger partial charge in [-0.05, 0) is 73.9 Å². The Balaban J connectivity index is 1.43. The number of amides is 1. The zero-order valence-corrected chi connectivity index (χ0v) is 24.0. The maximum atomic E-state index is 13.3. The maximum Gasteiger partial charge on any atom is 0.268 e. The quantitative estimate of drug-likeness (QED) is 0.167. The molecular weight excluding hydrogens is 522 g/mol. The lowest BCUT2D eigenvalue weighted by molar-refractivity contribution is 0.0941. The number of nitrogens with one attached hydrogen (secondary N) is 2. The Morgan fingerprint density at radius 3 is 2.41 bits per heavy atom. The van der Waals surface area contributed by atoms with Crippen molar-refractivity contribution in [1.29, 1.82) is 0 Å². The van der Waals surface area contributed by atoms with Gasteiger partial charge < -0.3 is 40.0 Å². The van der Waals surface area contributed by atoms with E-state index in [1.54, 1.807) is 26.4 Å². The molecule has 0 saturated carbocycles. The highest BCUT2D eigenvalue weighted by atomic mass is 16.5. The number of aryl methyl sites for hydroxylation is 1. The summed E-state index contributed by atoms with van der Waals surface area (Å²) in [6.07, 6.45) is -0.0478. The van der Waals surface area contributed by atoms with Crippen LogP contribution in [0.3, 0.4) is 0 Å². The zero-order chi connectivity index (χ0) is 29.5. The van der Waals surface area contributed by atoms with Crippen LogP contribution in [-0.2, 0) is 26.1 Å². The van der Waals surface area contributed by atoms with Crippen LogP contribution in [0.4, 0.5) is 0 Å². The van der Waals surface area contributed by atoms with Crippen LogP contribution in [-0.4, -0.2) is 52.6 Å². The van der Waals surface area contributed by atoms with Gasteiger partial charge in [-0.1, -0.05) is 18.2 Å². The topological polar surface area (TPSA) is 125 Å². The number of fused-ring (bicyclic) bond motifs is 1. The number of hydrogen-bond acceptors (Lipinski definition) is 7. The largest absolute Gasteiger partial charge is 0.508 e. The second-order valence-corrected chi connectivity index (χ2v) is 10.1. The molecule has 0 fully saturated rings. The van der Waals surface area contributed by atoms with Crippen LogP contribution < -0.4 is 20.1 Å². The summed E-state index contributed by atoms with van der Waals surface area (Å²) in [5.41, 5.74) is 4.47. The monoisotopic (exact) mass is 561 g/mol. The van der Waals surface area contributed by atoms with Crippen LogP contribution in [0.1, 0.15) is 52.7 Å². The van der Waals surface area contributed by atoms with Crippen molar-refractivity contribution in [3.63, 3.8) is 0 Å². The van der Waals surface area contributed by atoms with E-state index in [0.29, 0.717) is 41.4 Å². The summed E-state index contributed by atoms with van der Waals surface area (Å²) in [6.45, 7) is 5.01. The lowest BCUT2D eigenvalue weighted by Gasteiger charge is -2.18. The van der Waals surface area contributed by atoms with Crippen molar-refractivity contribution < 1.29 is 29.6 Å². The number of aliphatic hydroxyl groups is 2. The first-order valence-electron chi connectivity index (χ1n) is 13.7. The molecule has 2 atom stereocenters. The molecule has 0 spiro atoms. The van der Waals surface area contributed by atoms with Gasteiger partial charge in [-0.25, -0.2) is 0 Å². The van der Waals surface area contributed by atoms with E-state index in [2.05, 4.69) is 29.7 Å². The third kappa shape index (κ3) is 6.82. The lowest BCUT2D eigenvalue weighted by Crippen LogP contribution is -2.32. The van der Waals surface area contributed by atoms with Crippen LogP contribution in [0, 0.1) is 0 Å². The molecule has 0 radical (unpaired) electrons. The first kappa shape index (κ1) is 29.9. The second kappa shape index (κ2) is 13.5. The molecule has 0 unspecified atom stereocenters. The average Bonchev–Trinajstić information content (AvgIpc) is 3.36. The van der Waals surface area contributed by atoms with Crippen LogP contribution >= 0.6 is 0 Å². The van der Waals surface area contributed by atoms with Gasteiger partial charge in [0.05, 0.1) is 39.0 Å². The number of carbonyl (C=O) groups is 1. The number of hydrogen-bond donors (Lipinski definition) is 5. The molecule has 0 saturated heterocycles. The summed E-state index contributed by atoms with van der Waals surface area (Å²) in [6, 6.07) is 18.5. The van der Waals surface area contributed by atoms with E-state index in [0.717, 1.165) is 28.5 Å². The predicted molar refractivity (Wildman–Crippen MR) is 158 cm³/mol. The van der Waals surface area contributed by atoms with Gasteiger partial charge in [0.1, 0.15) is 22.9 Å². The summed E-state index contributed by atoms with van der Waals surface area (Å²) < 4.78 is 12.9. The number of aromatic nitrogens is 1. The average molecular weight is 562 g/mol. The Hall–Kier alpha value is -4.05. The molecule has 5 N–H and O–H groups in total. The Labute approximate surface area is 240 Å². The van der Waals surface area contributed by atoms with Gasteiger partial charge in [0, 0.05) is 35.6 Å².